The molecule has 5 heteroatoms. The third kappa shape index (κ3) is 3.35. The molecule has 2 bridgehead atoms. The average Bonchev–Trinajstić information content (AvgIpc) is 3.50. The second-order valence-corrected chi connectivity index (χ2v) is 9.15. The van der Waals surface area contributed by atoms with Crippen molar-refractivity contribution in [3.8, 4) is 5.75 Å². The van der Waals surface area contributed by atoms with Crippen LogP contribution in [0.1, 0.15) is 18.1 Å². The summed E-state index contributed by atoms with van der Waals surface area (Å²) in [7, 11) is 0. The molecule has 1 aliphatic heterocycles. The monoisotopic (exact) mass is 461 g/mol. The van der Waals surface area contributed by atoms with E-state index in [4.69, 9.17) is 4.74 Å². The van der Waals surface area contributed by atoms with Gasteiger partial charge in [0.1, 0.15) is 5.75 Å². The first-order valence-electron chi connectivity index (χ1n) is 11.7. The van der Waals surface area contributed by atoms with E-state index >= 15 is 0 Å². The predicted molar refractivity (Wildman–Crippen MR) is 132 cm³/mol. The molecular formula is C30H23NO4. The smallest absolute Gasteiger partial charge is 0.308 e. The Morgan fingerprint density at radius 3 is 1.66 bits per heavy atom. The van der Waals surface area contributed by atoms with E-state index in [0.717, 1.165) is 22.3 Å². The molecular weight excluding hydrogens is 438 g/mol. The highest BCUT2D eigenvalue weighted by molar-refractivity contribution is 6.23. The van der Waals surface area contributed by atoms with E-state index in [9.17, 15) is 14.4 Å². The first kappa shape index (κ1) is 21.3. The second-order valence-electron chi connectivity index (χ2n) is 9.15. The predicted octanol–water partition coefficient (Wildman–Crippen LogP) is 5.04. The summed E-state index contributed by atoms with van der Waals surface area (Å²) in [5, 5.41) is 0. The van der Waals surface area contributed by atoms with E-state index in [1.807, 2.05) is 36.4 Å². The summed E-state index contributed by atoms with van der Waals surface area (Å²) in [5.41, 5.74) is 4.94. The fourth-order valence-electron chi connectivity index (χ4n) is 5.89. The molecule has 3 aromatic carbocycles. The minimum Gasteiger partial charge on any atom is -0.427 e. The van der Waals surface area contributed by atoms with Gasteiger partial charge in [-0.3, -0.25) is 14.4 Å². The lowest BCUT2D eigenvalue weighted by atomic mass is 9.85. The number of nitrogens with zero attached hydrogens (tertiary/aromatic N) is 1. The van der Waals surface area contributed by atoms with Crippen LogP contribution in [0.5, 0.6) is 5.75 Å². The molecule has 5 nitrogen and oxygen atoms in total. The lowest BCUT2D eigenvalue weighted by molar-refractivity contribution is -0.132. The van der Waals surface area contributed by atoms with Crippen molar-refractivity contribution in [3.63, 3.8) is 0 Å². The largest absolute Gasteiger partial charge is 0.427 e. The summed E-state index contributed by atoms with van der Waals surface area (Å²) < 4.78 is 5.09. The number of rotatable bonds is 4. The SMILES string of the molecule is CC(=O)Oc1ccc(N2C(=O)[C@@H]3[C@@H](C2=O)[C@H]2C=C[C@@H]3C2=C(c2ccccc2)c2ccccc2)cc1. The first-order valence-corrected chi connectivity index (χ1v) is 11.7. The van der Waals surface area contributed by atoms with Crippen molar-refractivity contribution in [1.29, 1.82) is 0 Å². The van der Waals surface area contributed by atoms with Crippen molar-refractivity contribution in [2.24, 2.45) is 23.7 Å². The summed E-state index contributed by atoms with van der Waals surface area (Å²) in [6.45, 7) is 1.33. The van der Waals surface area contributed by atoms with Crippen LogP contribution in [-0.2, 0) is 14.4 Å². The Morgan fingerprint density at radius 1 is 0.714 bits per heavy atom. The van der Waals surface area contributed by atoms with Crippen LogP contribution in [0.15, 0.2) is 103 Å². The van der Waals surface area contributed by atoms with Gasteiger partial charge in [-0.15, -0.1) is 0 Å². The van der Waals surface area contributed by atoms with Crippen molar-refractivity contribution < 1.29 is 19.1 Å². The van der Waals surface area contributed by atoms with Crippen LogP contribution >= 0.6 is 0 Å². The summed E-state index contributed by atoms with van der Waals surface area (Å²) in [4.78, 5) is 39.8. The standard InChI is InChI=1S/C30H23NO4/c1-18(32)35-22-14-12-21(13-15-22)31-29(33)27-23-16-17-24(28(27)30(31)34)26(23)25(19-8-4-2-5-9-19)20-10-6-3-7-11-20/h2-17,23-24,27-28H,1H3/t23-,24+,27-,28-/m0/s1. The van der Waals surface area contributed by atoms with Crippen LogP contribution < -0.4 is 9.64 Å². The molecule has 3 aromatic rings. The number of amides is 2. The summed E-state index contributed by atoms with van der Waals surface area (Å²) in [6.07, 6.45) is 4.21. The highest BCUT2D eigenvalue weighted by Gasteiger charge is 2.62. The number of allylic oxidation sites excluding steroid dienone is 3. The number of hydrogen-bond acceptors (Lipinski definition) is 4. The van der Waals surface area contributed by atoms with Crippen LogP contribution in [0.4, 0.5) is 5.69 Å². The van der Waals surface area contributed by atoms with Gasteiger partial charge in [0.05, 0.1) is 17.5 Å². The van der Waals surface area contributed by atoms with Gasteiger partial charge in [-0.05, 0) is 46.5 Å². The second kappa shape index (κ2) is 8.20. The fraction of sp³-hybridized carbons (Fsp3) is 0.167. The van der Waals surface area contributed by atoms with Crippen LogP contribution in [0.3, 0.4) is 0 Å². The molecule has 0 unspecified atom stereocenters. The maximum absolute atomic E-state index is 13.7. The van der Waals surface area contributed by atoms with Crippen molar-refractivity contribution >= 4 is 29.0 Å². The number of ether oxygens (including phenoxy) is 1. The van der Waals surface area contributed by atoms with Crippen LogP contribution in [0.2, 0.25) is 0 Å². The van der Waals surface area contributed by atoms with E-state index in [1.54, 1.807) is 24.3 Å². The van der Waals surface area contributed by atoms with E-state index < -0.39 is 17.8 Å². The van der Waals surface area contributed by atoms with Gasteiger partial charge in [-0.25, -0.2) is 4.90 Å². The number of anilines is 1. The molecule has 1 saturated heterocycles. The molecule has 2 fully saturated rings. The Hall–Kier alpha value is -4.25. The van der Waals surface area contributed by atoms with Gasteiger partial charge >= 0.3 is 5.97 Å². The molecule has 6 rings (SSSR count). The zero-order chi connectivity index (χ0) is 24.1. The Balaban J connectivity index is 1.41. The molecule has 0 spiro atoms. The zero-order valence-corrected chi connectivity index (χ0v) is 19.1. The number of imide groups is 1. The van der Waals surface area contributed by atoms with E-state index in [-0.39, 0.29) is 23.7 Å². The molecule has 1 heterocycles. The average molecular weight is 462 g/mol. The Bertz CT molecular complexity index is 1310. The number of benzene rings is 3. The number of esters is 1. The molecule has 1 saturated carbocycles. The molecule has 0 aromatic heterocycles. The van der Waals surface area contributed by atoms with Gasteiger partial charge in [0.2, 0.25) is 11.8 Å². The fourth-order valence-corrected chi connectivity index (χ4v) is 5.89. The molecule has 0 N–H and O–H groups in total. The zero-order valence-electron chi connectivity index (χ0n) is 19.1. The lowest BCUT2D eigenvalue weighted by Crippen LogP contribution is -2.33. The normalized spacial score (nSPS) is 24.1. The molecule has 172 valence electrons. The van der Waals surface area contributed by atoms with Crippen molar-refractivity contribution in [2.75, 3.05) is 4.90 Å². The van der Waals surface area contributed by atoms with E-state index in [1.165, 1.54) is 11.8 Å². The maximum Gasteiger partial charge on any atom is 0.308 e. The minimum atomic E-state index is -0.421. The van der Waals surface area contributed by atoms with Crippen molar-refractivity contribution in [2.45, 2.75) is 6.92 Å². The van der Waals surface area contributed by atoms with Crippen LogP contribution in [0, 0.1) is 23.7 Å². The third-order valence-electron chi connectivity index (χ3n) is 7.19. The number of carbonyl (C=O) groups is 3. The van der Waals surface area contributed by atoms with Crippen LogP contribution in [-0.4, -0.2) is 17.8 Å². The van der Waals surface area contributed by atoms with Gasteiger partial charge in [0.25, 0.3) is 0 Å². The topological polar surface area (TPSA) is 63.7 Å². The third-order valence-corrected chi connectivity index (χ3v) is 7.19. The van der Waals surface area contributed by atoms with Gasteiger partial charge in [0.15, 0.2) is 0 Å². The molecule has 4 atom stereocenters. The van der Waals surface area contributed by atoms with Crippen LogP contribution in [0.25, 0.3) is 5.57 Å². The minimum absolute atomic E-state index is 0.123. The van der Waals surface area contributed by atoms with Gasteiger partial charge in [0, 0.05) is 18.8 Å². The lowest BCUT2D eigenvalue weighted by Gasteiger charge is -2.21. The molecule has 3 aliphatic rings. The quantitative estimate of drug-likeness (QED) is 0.236. The number of carbonyl (C=O) groups excluding carboxylic acids is 3. The van der Waals surface area contributed by atoms with Gasteiger partial charge < -0.3 is 4.74 Å². The van der Waals surface area contributed by atoms with Gasteiger partial charge in [-0.1, -0.05) is 72.8 Å². The Labute approximate surface area is 203 Å². The molecule has 0 radical (unpaired) electrons. The van der Waals surface area contributed by atoms with E-state index in [2.05, 4.69) is 36.4 Å². The van der Waals surface area contributed by atoms with Crippen molar-refractivity contribution in [3.05, 3.63) is 114 Å². The maximum atomic E-state index is 13.7. The van der Waals surface area contributed by atoms with E-state index in [0.29, 0.717) is 11.4 Å². The van der Waals surface area contributed by atoms with Crippen molar-refractivity contribution in [1.82, 2.24) is 0 Å². The molecule has 35 heavy (non-hydrogen) atoms. The van der Waals surface area contributed by atoms with Gasteiger partial charge in [-0.2, -0.15) is 0 Å². The highest BCUT2D eigenvalue weighted by atomic mass is 16.5. The Kier molecular flexibility index (Phi) is 4.99. The first-order chi connectivity index (χ1) is 17.0. The number of hydrogen-bond donors (Lipinski definition) is 0. The number of fused-ring (bicyclic) bond motifs is 5. The summed E-state index contributed by atoms with van der Waals surface area (Å²) in [6, 6.07) is 26.9. The summed E-state index contributed by atoms with van der Waals surface area (Å²) in [5.74, 6) is -1.46. The highest BCUT2D eigenvalue weighted by Crippen LogP contribution is 2.58. The molecule has 2 aliphatic carbocycles. The molecule has 2 amide bonds. The summed E-state index contributed by atoms with van der Waals surface area (Å²) >= 11 is 0. The Morgan fingerprint density at radius 2 is 1.20 bits per heavy atom.